The van der Waals surface area contributed by atoms with E-state index in [2.05, 4.69) is 26.2 Å². The standard InChI is InChI=1S/C18H17BrN2O3/c1-11(2)23-15-7-12(8-16-14(15)9-17(19)24-16)18(22)21-10-13-5-3-4-6-20-13/h3-9,11H,10H2,1-2H3,(H,21,22). The van der Waals surface area contributed by atoms with Gasteiger partial charge in [0.25, 0.3) is 5.91 Å². The molecule has 24 heavy (non-hydrogen) atoms. The van der Waals surface area contributed by atoms with E-state index >= 15 is 0 Å². The highest BCUT2D eigenvalue weighted by Gasteiger charge is 2.15. The lowest BCUT2D eigenvalue weighted by Crippen LogP contribution is -2.23. The molecule has 3 aromatic rings. The van der Waals surface area contributed by atoms with Crippen molar-refractivity contribution in [2.24, 2.45) is 0 Å². The number of hydrogen-bond acceptors (Lipinski definition) is 4. The average Bonchev–Trinajstić information content (AvgIpc) is 2.93. The minimum atomic E-state index is -0.205. The summed E-state index contributed by atoms with van der Waals surface area (Å²) in [4.78, 5) is 16.6. The summed E-state index contributed by atoms with van der Waals surface area (Å²) in [7, 11) is 0. The number of carbonyl (C=O) groups is 1. The third kappa shape index (κ3) is 3.76. The van der Waals surface area contributed by atoms with Crippen molar-refractivity contribution in [2.45, 2.75) is 26.5 Å². The summed E-state index contributed by atoms with van der Waals surface area (Å²) < 4.78 is 12.0. The topological polar surface area (TPSA) is 64.4 Å². The maximum atomic E-state index is 12.5. The van der Waals surface area contributed by atoms with Crippen molar-refractivity contribution in [1.82, 2.24) is 10.3 Å². The lowest BCUT2D eigenvalue weighted by molar-refractivity contribution is 0.0949. The molecule has 2 aromatic heterocycles. The number of aromatic nitrogens is 1. The second-order valence-corrected chi connectivity index (χ2v) is 6.39. The smallest absolute Gasteiger partial charge is 0.251 e. The molecule has 1 N–H and O–H groups in total. The molecule has 0 saturated carbocycles. The fraction of sp³-hybridized carbons (Fsp3) is 0.222. The molecule has 3 rings (SSSR count). The zero-order chi connectivity index (χ0) is 17.1. The van der Waals surface area contributed by atoms with Crippen molar-refractivity contribution in [3.63, 3.8) is 0 Å². The molecular formula is C18H17BrN2O3. The number of furan rings is 1. The summed E-state index contributed by atoms with van der Waals surface area (Å²) in [6, 6.07) is 10.9. The van der Waals surface area contributed by atoms with E-state index in [0.717, 1.165) is 11.1 Å². The van der Waals surface area contributed by atoms with Crippen molar-refractivity contribution >= 4 is 32.8 Å². The molecule has 0 fully saturated rings. The first-order valence-corrected chi connectivity index (χ1v) is 8.40. The van der Waals surface area contributed by atoms with Crippen LogP contribution >= 0.6 is 15.9 Å². The maximum absolute atomic E-state index is 12.5. The van der Waals surface area contributed by atoms with Gasteiger partial charge in [-0.25, -0.2) is 0 Å². The van der Waals surface area contributed by atoms with Gasteiger partial charge < -0.3 is 14.5 Å². The molecule has 124 valence electrons. The number of ether oxygens (including phenoxy) is 1. The fourth-order valence-electron chi connectivity index (χ4n) is 2.33. The monoisotopic (exact) mass is 388 g/mol. The number of amides is 1. The van der Waals surface area contributed by atoms with E-state index in [4.69, 9.17) is 9.15 Å². The van der Waals surface area contributed by atoms with E-state index in [-0.39, 0.29) is 12.0 Å². The summed E-state index contributed by atoms with van der Waals surface area (Å²) in [5.41, 5.74) is 1.88. The Hall–Kier alpha value is -2.34. The highest BCUT2D eigenvalue weighted by Crippen LogP contribution is 2.33. The molecule has 1 aromatic carbocycles. The third-order valence-corrected chi connectivity index (χ3v) is 3.74. The van der Waals surface area contributed by atoms with Crippen molar-refractivity contribution in [3.8, 4) is 5.75 Å². The van der Waals surface area contributed by atoms with Gasteiger partial charge in [0.1, 0.15) is 11.3 Å². The number of halogens is 1. The summed E-state index contributed by atoms with van der Waals surface area (Å²) >= 11 is 3.32. The number of carbonyl (C=O) groups excluding carboxylic acids is 1. The quantitative estimate of drug-likeness (QED) is 0.707. The molecule has 0 unspecified atom stereocenters. The van der Waals surface area contributed by atoms with Crippen molar-refractivity contribution in [3.05, 3.63) is 58.5 Å². The Balaban J connectivity index is 1.86. The average molecular weight is 389 g/mol. The first kappa shape index (κ1) is 16.5. The second-order valence-electron chi connectivity index (χ2n) is 5.61. The van der Waals surface area contributed by atoms with Gasteiger partial charge in [-0.3, -0.25) is 9.78 Å². The largest absolute Gasteiger partial charge is 0.490 e. The van der Waals surface area contributed by atoms with Gasteiger partial charge in [0, 0.05) is 17.8 Å². The Morgan fingerprint density at radius 1 is 1.33 bits per heavy atom. The number of benzene rings is 1. The highest BCUT2D eigenvalue weighted by atomic mass is 79.9. The van der Waals surface area contributed by atoms with Gasteiger partial charge in [0.2, 0.25) is 0 Å². The molecule has 6 heteroatoms. The van der Waals surface area contributed by atoms with Gasteiger partial charge >= 0.3 is 0 Å². The van der Waals surface area contributed by atoms with Crippen LogP contribution in [-0.2, 0) is 6.54 Å². The Kier molecular flexibility index (Phi) is 4.85. The minimum absolute atomic E-state index is 0.00583. The molecule has 0 atom stereocenters. The molecule has 5 nitrogen and oxygen atoms in total. The molecule has 0 aliphatic heterocycles. The lowest BCUT2D eigenvalue weighted by atomic mass is 10.1. The van der Waals surface area contributed by atoms with Gasteiger partial charge in [-0.05, 0) is 54.0 Å². The van der Waals surface area contributed by atoms with E-state index in [1.54, 1.807) is 18.3 Å². The summed E-state index contributed by atoms with van der Waals surface area (Å²) in [5, 5.41) is 3.69. The third-order valence-electron chi connectivity index (χ3n) is 3.35. The zero-order valence-corrected chi connectivity index (χ0v) is 15.0. The highest BCUT2D eigenvalue weighted by molar-refractivity contribution is 9.10. The van der Waals surface area contributed by atoms with Gasteiger partial charge in [-0.15, -0.1) is 0 Å². The van der Waals surface area contributed by atoms with Crippen LogP contribution in [0.5, 0.6) is 5.75 Å². The van der Waals surface area contributed by atoms with E-state index < -0.39 is 0 Å². The van der Waals surface area contributed by atoms with Crippen molar-refractivity contribution in [1.29, 1.82) is 0 Å². The maximum Gasteiger partial charge on any atom is 0.251 e. The molecule has 1 amide bonds. The predicted octanol–water partition coefficient (Wildman–Crippen LogP) is 4.31. The molecule has 0 spiro atoms. The van der Waals surface area contributed by atoms with Crippen LogP contribution in [0.1, 0.15) is 29.9 Å². The molecule has 0 bridgehead atoms. The molecule has 0 aliphatic carbocycles. The Morgan fingerprint density at radius 3 is 2.88 bits per heavy atom. The number of rotatable bonds is 5. The Morgan fingerprint density at radius 2 is 2.17 bits per heavy atom. The molecule has 0 aliphatic rings. The van der Waals surface area contributed by atoms with Crippen LogP contribution < -0.4 is 10.1 Å². The molecule has 0 saturated heterocycles. The zero-order valence-electron chi connectivity index (χ0n) is 13.4. The summed E-state index contributed by atoms with van der Waals surface area (Å²) in [6.45, 7) is 4.24. The van der Waals surface area contributed by atoms with E-state index in [1.165, 1.54) is 0 Å². The van der Waals surface area contributed by atoms with Crippen LogP contribution in [0.2, 0.25) is 0 Å². The predicted molar refractivity (Wildman–Crippen MR) is 95.1 cm³/mol. The first-order chi connectivity index (χ1) is 11.5. The minimum Gasteiger partial charge on any atom is -0.490 e. The second kappa shape index (κ2) is 7.05. The Bertz CT molecular complexity index is 859. The number of fused-ring (bicyclic) bond motifs is 1. The number of pyridine rings is 1. The van der Waals surface area contributed by atoms with Crippen molar-refractivity contribution < 1.29 is 13.9 Å². The number of nitrogens with zero attached hydrogens (tertiary/aromatic N) is 1. The van der Waals surface area contributed by atoms with Gasteiger partial charge in [-0.2, -0.15) is 0 Å². The van der Waals surface area contributed by atoms with E-state index in [1.807, 2.05) is 38.1 Å². The Labute approximate surface area is 148 Å². The van der Waals surface area contributed by atoms with Crippen LogP contribution in [-0.4, -0.2) is 17.0 Å². The van der Waals surface area contributed by atoms with E-state index in [0.29, 0.717) is 28.1 Å². The van der Waals surface area contributed by atoms with Crippen LogP contribution in [0.3, 0.4) is 0 Å². The number of nitrogens with one attached hydrogen (secondary N) is 1. The van der Waals surface area contributed by atoms with Gasteiger partial charge in [0.05, 0.1) is 23.7 Å². The van der Waals surface area contributed by atoms with Gasteiger partial charge in [0.15, 0.2) is 4.67 Å². The lowest BCUT2D eigenvalue weighted by Gasteiger charge is -2.12. The summed E-state index contributed by atoms with van der Waals surface area (Å²) in [5.74, 6) is 0.420. The molecule has 2 heterocycles. The summed E-state index contributed by atoms with van der Waals surface area (Å²) in [6.07, 6.45) is 1.69. The normalized spacial score (nSPS) is 11.0. The first-order valence-electron chi connectivity index (χ1n) is 7.61. The van der Waals surface area contributed by atoms with Gasteiger partial charge in [-0.1, -0.05) is 6.07 Å². The van der Waals surface area contributed by atoms with Crippen LogP contribution in [0.15, 0.2) is 51.7 Å². The number of hydrogen-bond donors (Lipinski definition) is 1. The van der Waals surface area contributed by atoms with Crippen LogP contribution in [0.25, 0.3) is 11.0 Å². The SMILES string of the molecule is CC(C)Oc1cc(C(=O)NCc2ccccn2)cc2oc(Br)cc12. The van der Waals surface area contributed by atoms with Crippen molar-refractivity contribution in [2.75, 3.05) is 0 Å². The molecular weight excluding hydrogens is 372 g/mol. The van der Waals surface area contributed by atoms with Crippen LogP contribution in [0, 0.1) is 0 Å². The molecule has 0 radical (unpaired) electrons. The van der Waals surface area contributed by atoms with E-state index in [9.17, 15) is 4.79 Å². The fourth-order valence-corrected chi connectivity index (χ4v) is 2.74. The van der Waals surface area contributed by atoms with Crippen LogP contribution in [0.4, 0.5) is 0 Å².